The molecule has 2 aromatic carbocycles. The highest BCUT2D eigenvalue weighted by molar-refractivity contribution is 9.10. The van der Waals surface area contributed by atoms with E-state index in [1.807, 2.05) is 42.6 Å². The van der Waals surface area contributed by atoms with Crippen LogP contribution in [0, 0.1) is 6.92 Å². The number of thiazole rings is 1. The van der Waals surface area contributed by atoms with Crippen molar-refractivity contribution in [3.8, 4) is 28.5 Å². The highest BCUT2D eigenvalue weighted by Gasteiger charge is 2.17. The molecule has 2 heterocycles. The second kappa shape index (κ2) is 8.42. The topological polar surface area (TPSA) is 69.7 Å². The lowest BCUT2D eigenvalue weighted by Crippen LogP contribution is -2.17. The van der Waals surface area contributed by atoms with Gasteiger partial charge in [-0.25, -0.2) is 4.98 Å². The van der Waals surface area contributed by atoms with Crippen LogP contribution in [0.25, 0.3) is 11.3 Å². The molecule has 0 radical (unpaired) electrons. The third-order valence-corrected chi connectivity index (χ3v) is 5.94. The van der Waals surface area contributed by atoms with Gasteiger partial charge in [-0.05, 0) is 36.8 Å². The number of amides is 1. The number of hydrogen-bond donors (Lipinski definition) is 1. The largest absolute Gasteiger partial charge is 0.496 e. The minimum absolute atomic E-state index is 0.153. The van der Waals surface area contributed by atoms with E-state index < -0.39 is 0 Å². The molecule has 1 aliphatic heterocycles. The van der Waals surface area contributed by atoms with Gasteiger partial charge < -0.3 is 19.5 Å². The first-order valence-corrected chi connectivity index (χ1v) is 10.7. The van der Waals surface area contributed by atoms with Crippen molar-refractivity contribution in [3.63, 3.8) is 0 Å². The van der Waals surface area contributed by atoms with Gasteiger partial charge in [-0.1, -0.05) is 27.6 Å². The van der Waals surface area contributed by atoms with Crippen molar-refractivity contribution in [1.82, 2.24) is 4.98 Å². The molecule has 1 N–H and O–H groups in total. The predicted octanol–water partition coefficient (Wildman–Crippen LogP) is 4.84. The molecular formula is C21H19BrN2O4S. The zero-order valence-electron chi connectivity index (χ0n) is 16.0. The summed E-state index contributed by atoms with van der Waals surface area (Å²) in [5, 5.41) is 5.33. The van der Waals surface area contributed by atoms with Gasteiger partial charge in [0.25, 0.3) is 0 Å². The molecule has 4 rings (SSSR count). The zero-order chi connectivity index (χ0) is 20.4. The summed E-state index contributed by atoms with van der Waals surface area (Å²) >= 11 is 4.88. The first-order valence-electron chi connectivity index (χ1n) is 9.02. The number of nitrogens with one attached hydrogen (secondary N) is 1. The number of rotatable bonds is 5. The molecule has 0 saturated carbocycles. The fraction of sp³-hybridized carbons (Fsp3) is 0.238. The summed E-state index contributed by atoms with van der Waals surface area (Å²) in [6.45, 7) is 3.05. The van der Waals surface area contributed by atoms with Crippen molar-refractivity contribution in [2.45, 2.75) is 13.3 Å². The van der Waals surface area contributed by atoms with Crippen molar-refractivity contribution in [1.29, 1.82) is 0 Å². The van der Waals surface area contributed by atoms with Gasteiger partial charge in [0, 0.05) is 15.4 Å². The van der Waals surface area contributed by atoms with Crippen molar-refractivity contribution in [2.75, 3.05) is 25.6 Å². The van der Waals surface area contributed by atoms with E-state index in [0.717, 1.165) is 32.6 Å². The summed E-state index contributed by atoms with van der Waals surface area (Å²) in [6, 6.07) is 9.60. The van der Waals surface area contributed by atoms with Crippen molar-refractivity contribution >= 4 is 38.3 Å². The first kappa shape index (κ1) is 19.7. The first-order chi connectivity index (χ1) is 14.0. The van der Waals surface area contributed by atoms with Crippen LogP contribution in [0.2, 0.25) is 0 Å². The van der Waals surface area contributed by atoms with Gasteiger partial charge in [-0.15, -0.1) is 11.3 Å². The van der Waals surface area contributed by atoms with Crippen molar-refractivity contribution in [2.24, 2.45) is 0 Å². The van der Waals surface area contributed by atoms with Crippen LogP contribution in [0.1, 0.15) is 11.1 Å². The molecule has 0 unspecified atom stereocenters. The number of nitrogens with zero attached hydrogens (tertiary/aromatic N) is 1. The highest BCUT2D eigenvalue weighted by Crippen LogP contribution is 2.36. The Kier molecular flexibility index (Phi) is 5.73. The maximum atomic E-state index is 12.6. The molecule has 1 amide bonds. The second-order valence-corrected chi connectivity index (χ2v) is 8.27. The quantitative estimate of drug-likeness (QED) is 0.572. The Morgan fingerprint density at radius 1 is 1.24 bits per heavy atom. The van der Waals surface area contributed by atoms with Gasteiger partial charge in [0.05, 0.1) is 19.2 Å². The third-order valence-electron chi connectivity index (χ3n) is 4.44. The summed E-state index contributed by atoms with van der Waals surface area (Å²) in [7, 11) is 1.63. The lowest BCUT2D eigenvalue weighted by atomic mass is 10.1. The number of ether oxygens (including phenoxy) is 3. The van der Waals surface area contributed by atoms with Crippen LogP contribution < -0.4 is 19.5 Å². The molecule has 3 aromatic rings. The fourth-order valence-corrected chi connectivity index (χ4v) is 4.24. The number of fused-ring (bicyclic) bond motifs is 1. The van der Waals surface area contributed by atoms with E-state index in [1.54, 1.807) is 7.11 Å². The van der Waals surface area contributed by atoms with E-state index in [4.69, 9.17) is 14.2 Å². The van der Waals surface area contributed by atoms with Gasteiger partial charge in [0.2, 0.25) is 5.91 Å². The summed E-state index contributed by atoms with van der Waals surface area (Å²) in [4.78, 5) is 17.1. The van der Waals surface area contributed by atoms with Crippen molar-refractivity contribution < 1.29 is 19.0 Å². The number of anilines is 1. The van der Waals surface area contributed by atoms with Crippen LogP contribution in [0.15, 0.2) is 40.2 Å². The predicted molar refractivity (Wildman–Crippen MR) is 116 cm³/mol. The SMILES string of the molecule is COc1ccc(C)cc1-c1csc(NC(=O)Cc2cc3c(cc2Br)OCCO3)n1. The van der Waals surface area contributed by atoms with E-state index >= 15 is 0 Å². The minimum atomic E-state index is -0.153. The van der Waals surface area contributed by atoms with Gasteiger partial charge >= 0.3 is 0 Å². The molecular weight excluding hydrogens is 456 g/mol. The number of carbonyl (C=O) groups is 1. The molecule has 0 bridgehead atoms. The monoisotopic (exact) mass is 474 g/mol. The van der Waals surface area contributed by atoms with E-state index in [9.17, 15) is 4.79 Å². The molecule has 8 heteroatoms. The average Bonchev–Trinajstić information content (AvgIpc) is 3.16. The Bertz CT molecular complexity index is 1070. The van der Waals surface area contributed by atoms with E-state index in [0.29, 0.717) is 29.8 Å². The molecule has 1 aromatic heterocycles. The Morgan fingerprint density at radius 2 is 2.00 bits per heavy atom. The van der Waals surface area contributed by atoms with E-state index in [-0.39, 0.29) is 12.3 Å². The standard InChI is InChI=1S/C21H19BrN2O4S/c1-12-3-4-17(26-2)14(7-12)16-11-29-21(23-16)24-20(25)9-13-8-18-19(10-15(13)22)28-6-5-27-18/h3-4,7-8,10-11H,5-6,9H2,1-2H3,(H,23,24,25). The number of hydrogen-bond acceptors (Lipinski definition) is 6. The molecule has 1 aliphatic rings. The molecule has 0 spiro atoms. The number of aromatic nitrogens is 1. The molecule has 29 heavy (non-hydrogen) atoms. The van der Waals surface area contributed by atoms with Gasteiger partial charge in [-0.3, -0.25) is 4.79 Å². The zero-order valence-corrected chi connectivity index (χ0v) is 18.4. The van der Waals surface area contributed by atoms with E-state index in [1.165, 1.54) is 11.3 Å². The number of benzene rings is 2. The Morgan fingerprint density at radius 3 is 2.76 bits per heavy atom. The normalized spacial score (nSPS) is 12.5. The Labute approximate surface area is 181 Å². The lowest BCUT2D eigenvalue weighted by molar-refractivity contribution is -0.115. The summed E-state index contributed by atoms with van der Waals surface area (Å²) in [6.07, 6.45) is 0.194. The van der Waals surface area contributed by atoms with Crippen LogP contribution in [0.5, 0.6) is 17.2 Å². The van der Waals surface area contributed by atoms with Crippen LogP contribution in [-0.2, 0) is 11.2 Å². The molecule has 0 aliphatic carbocycles. The number of methoxy groups -OCH3 is 1. The summed E-state index contributed by atoms with van der Waals surface area (Å²) in [5.74, 6) is 1.94. The molecule has 6 nitrogen and oxygen atoms in total. The second-order valence-electron chi connectivity index (χ2n) is 6.55. The third kappa shape index (κ3) is 4.38. The smallest absolute Gasteiger partial charge is 0.230 e. The van der Waals surface area contributed by atoms with E-state index in [2.05, 4.69) is 26.2 Å². The molecule has 0 atom stereocenters. The lowest BCUT2D eigenvalue weighted by Gasteiger charge is -2.19. The van der Waals surface area contributed by atoms with Crippen molar-refractivity contribution in [3.05, 3.63) is 51.3 Å². The summed E-state index contributed by atoms with van der Waals surface area (Å²) in [5.41, 5.74) is 3.61. The number of aryl methyl sites for hydroxylation is 1. The highest BCUT2D eigenvalue weighted by atomic mass is 79.9. The average molecular weight is 475 g/mol. The van der Waals surface area contributed by atoms with Gasteiger partial charge in [0.15, 0.2) is 16.6 Å². The van der Waals surface area contributed by atoms with Crippen LogP contribution in [0.4, 0.5) is 5.13 Å². The maximum Gasteiger partial charge on any atom is 0.230 e. The van der Waals surface area contributed by atoms with Crippen LogP contribution in [-0.4, -0.2) is 31.2 Å². The molecule has 150 valence electrons. The maximum absolute atomic E-state index is 12.6. The Balaban J connectivity index is 1.48. The number of carbonyl (C=O) groups excluding carboxylic acids is 1. The van der Waals surface area contributed by atoms with Gasteiger partial charge in [-0.2, -0.15) is 0 Å². The minimum Gasteiger partial charge on any atom is -0.496 e. The fourth-order valence-electron chi connectivity index (χ4n) is 3.05. The Hall–Kier alpha value is -2.58. The van der Waals surface area contributed by atoms with Gasteiger partial charge in [0.1, 0.15) is 19.0 Å². The molecule has 0 fully saturated rings. The molecule has 0 saturated heterocycles. The number of halogens is 1. The van der Waals surface area contributed by atoms with Crippen LogP contribution in [0.3, 0.4) is 0 Å². The van der Waals surface area contributed by atoms with Crippen LogP contribution >= 0.6 is 27.3 Å². The summed E-state index contributed by atoms with van der Waals surface area (Å²) < 4.78 is 17.4.